The Morgan fingerprint density at radius 1 is 1.07 bits per heavy atom. The van der Waals surface area contributed by atoms with Gasteiger partial charge in [0.15, 0.2) is 0 Å². The molecule has 1 radical (unpaired) electrons. The molecule has 0 aliphatic heterocycles. The molecule has 1 nitrogen and oxygen atoms in total. The Labute approximate surface area is 107 Å². The minimum atomic E-state index is 0. The molecule has 87 valence electrons. The molecule has 1 aliphatic carbocycles. The quantitative estimate of drug-likeness (QED) is 0.384. The van der Waals surface area contributed by atoms with Crippen LogP contribution in [0.4, 0.5) is 0 Å². The van der Waals surface area contributed by atoms with Crippen molar-refractivity contribution >= 4 is 5.78 Å². The number of carbonyl (C=O) groups excluding carboxylic acids is 1. The molecule has 0 N–H and O–H groups in total. The average molecular weight is 384 g/mol. The molecule has 1 aliphatic rings. The predicted molar refractivity (Wildman–Crippen MR) is 60.9 cm³/mol. The maximum Gasteiger partial charge on any atom is 0 e. The fourth-order valence-electron chi connectivity index (χ4n) is 1.06. The van der Waals surface area contributed by atoms with E-state index in [1.807, 2.05) is 0 Å². The van der Waals surface area contributed by atoms with E-state index in [1.54, 1.807) is 6.92 Å². The van der Waals surface area contributed by atoms with E-state index in [2.05, 4.69) is 30.4 Å². The molecule has 0 saturated carbocycles. The summed E-state index contributed by atoms with van der Waals surface area (Å²) >= 11 is 0. The molecule has 0 amide bonds. The van der Waals surface area contributed by atoms with Crippen LogP contribution in [0, 0.1) is 6.08 Å². The molecule has 0 aromatic carbocycles. The van der Waals surface area contributed by atoms with E-state index in [4.69, 9.17) is 0 Å². The molecule has 0 atom stereocenters. The number of hydrogen-bond acceptors (Lipinski definition) is 1. The van der Waals surface area contributed by atoms with Crippen molar-refractivity contribution in [1.29, 1.82) is 0 Å². The third kappa shape index (κ3) is 16.2. The third-order valence-corrected chi connectivity index (χ3v) is 1.68. The first-order valence-corrected chi connectivity index (χ1v) is 5.08. The van der Waals surface area contributed by atoms with Gasteiger partial charge in [0.1, 0.15) is 0 Å². The first-order valence-electron chi connectivity index (χ1n) is 5.08. The van der Waals surface area contributed by atoms with Crippen molar-refractivity contribution < 1.29 is 24.9 Å². The zero-order valence-corrected chi connectivity index (χ0v) is 11.9. The van der Waals surface area contributed by atoms with Crippen LogP contribution in [0.5, 0.6) is 0 Å². The van der Waals surface area contributed by atoms with Gasteiger partial charge in [0.2, 0.25) is 0 Å². The van der Waals surface area contributed by atoms with E-state index < -0.39 is 0 Å². The number of ketones is 1. The van der Waals surface area contributed by atoms with Gasteiger partial charge in [-0.05, 0) is 31.5 Å². The van der Waals surface area contributed by atoms with Crippen LogP contribution in [-0.4, -0.2) is 5.78 Å². The molecule has 1 rings (SSSR count). The Balaban J connectivity index is 0. The van der Waals surface area contributed by atoms with Crippen LogP contribution in [0.2, 0.25) is 0 Å². The second kappa shape index (κ2) is 13.5. The molecule has 15 heavy (non-hydrogen) atoms. The van der Waals surface area contributed by atoms with E-state index in [9.17, 15) is 4.79 Å². The van der Waals surface area contributed by atoms with Gasteiger partial charge in [-0.2, -0.15) is 6.08 Å². The topological polar surface area (TPSA) is 17.1 Å². The monoisotopic (exact) mass is 384 g/mol. The Bertz CT molecular complexity index is 201. The van der Waals surface area contributed by atoms with Gasteiger partial charge in [-0.3, -0.25) is 6.08 Å². The second-order valence-corrected chi connectivity index (χ2v) is 3.14. The van der Waals surface area contributed by atoms with Crippen LogP contribution in [0.1, 0.15) is 39.5 Å². The summed E-state index contributed by atoms with van der Waals surface area (Å²) in [5, 5.41) is 0. The molecule has 0 aromatic rings. The van der Waals surface area contributed by atoms with Crippen molar-refractivity contribution in [3.63, 3.8) is 0 Å². The summed E-state index contributed by atoms with van der Waals surface area (Å²) in [6, 6.07) is 0. The second-order valence-electron chi connectivity index (χ2n) is 3.14. The van der Waals surface area contributed by atoms with Gasteiger partial charge in [0.05, 0.1) is 0 Å². The van der Waals surface area contributed by atoms with Gasteiger partial charge in [-0.1, -0.05) is 31.2 Å². The van der Waals surface area contributed by atoms with E-state index in [0.29, 0.717) is 0 Å². The minimum Gasteiger partial charge on any atom is -0.407 e. The Morgan fingerprint density at radius 3 is 1.53 bits per heavy atom. The smallest absolute Gasteiger partial charge is 0 e. The van der Waals surface area contributed by atoms with Crippen LogP contribution in [0.3, 0.4) is 0 Å². The Hall–Kier alpha value is -0.461. The molecule has 0 saturated heterocycles. The van der Waals surface area contributed by atoms with Gasteiger partial charge in [-0.25, -0.2) is 0 Å². The fourth-order valence-corrected chi connectivity index (χ4v) is 1.06. The standard InChI is InChI=1S/C8H12.C5H7O.Ir/c1-2-4-6-8-7-5-3-1;1-3-4-5(2)6;/h1-2,7-8H,3-6H2;4H,1-2H3;/q;-1;. The summed E-state index contributed by atoms with van der Waals surface area (Å²) < 4.78 is 0. The van der Waals surface area contributed by atoms with Crippen molar-refractivity contribution in [3.05, 3.63) is 36.5 Å². The van der Waals surface area contributed by atoms with Crippen LogP contribution in [-0.2, 0) is 24.9 Å². The average Bonchev–Trinajstić information content (AvgIpc) is 2.02. The SMILES string of the molecule is C1=CCCC=CCC1.C[C-]=CC(C)=O.[Ir]. The van der Waals surface area contributed by atoms with E-state index in [1.165, 1.54) is 38.7 Å². The van der Waals surface area contributed by atoms with Crippen LogP contribution in [0.25, 0.3) is 0 Å². The summed E-state index contributed by atoms with van der Waals surface area (Å²) in [4.78, 5) is 9.93. The molecular weight excluding hydrogens is 364 g/mol. The Kier molecular flexibility index (Phi) is 15.3. The number of rotatable bonds is 1. The summed E-state index contributed by atoms with van der Waals surface area (Å²) in [6.45, 7) is 3.19. The van der Waals surface area contributed by atoms with Crippen molar-refractivity contribution in [2.24, 2.45) is 0 Å². The molecule has 0 unspecified atom stereocenters. The molecule has 0 fully saturated rings. The predicted octanol–water partition coefficient (Wildman–Crippen LogP) is 3.62. The van der Waals surface area contributed by atoms with Gasteiger partial charge in [0, 0.05) is 20.1 Å². The van der Waals surface area contributed by atoms with Crippen LogP contribution < -0.4 is 0 Å². The molecule has 0 bridgehead atoms. The molecule has 0 heterocycles. The van der Waals surface area contributed by atoms with Crippen LogP contribution >= 0.6 is 0 Å². The first-order chi connectivity index (χ1) is 6.77. The zero-order valence-electron chi connectivity index (χ0n) is 9.46. The number of allylic oxidation sites excluding steroid dienone is 6. The van der Waals surface area contributed by atoms with E-state index >= 15 is 0 Å². The van der Waals surface area contributed by atoms with Gasteiger partial charge in [0.25, 0.3) is 0 Å². The maximum absolute atomic E-state index is 9.93. The summed E-state index contributed by atoms with van der Waals surface area (Å²) in [6.07, 6.45) is 18.0. The van der Waals surface area contributed by atoms with E-state index in [0.717, 1.165) is 0 Å². The van der Waals surface area contributed by atoms with Crippen molar-refractivity contribution in [2.45, 2.75) is 39.5 Å². The van der Waals surface area contributed by atoms with Gasteiger partial charge in [-0.15, -0.1) is 6.92 Å². The molecular formula is C13H19IrO-. The molecule has 0 spiro atoms. The largest absolute Gasteiger partial charge is 0.407 e. The Morgan fingerprint density at radius 2 is 1.40 bits per heavy atom. The van der Waals surface area contributed by atoms with Gasteiger partial charge < -0.3 is 4.79 Å². The number of carbonyl (C=O) groups is 1. The zero-order chi connectivity index (χ0) is 10.6. The van der Waals surface area contributed by atoms with Crippen LogP contribution in [0.15, 0.2) is 30.4 Å². The summed E-state index contributed by atoms with van der Waals surface area (Å²) in [5.74, 6) is 0.0532. The van der Waals surface area contributed by atoms with Crippen molar-refractivity contribution in [1.82, 2.24) is 0 Å². The summed E-state index contributed by atoms with van der Waals surface area (Å²) in [7, 11) is 0. The molecule has 0 aromatic heterocycles. The molecule has 2 heteroatoms. The third-order valence-electron chi connectivity index (χ3n) is 1.68. The summed E-state index contributed by atoms with van der Waals surface area (Å²) in [5.41, 5.74) is 0. The van der Waals surface area contributed by atoms with E-state index in [-0.39, 0.29) is 25.9 Å². The maximum atomic E-state index is 9.93. The normalized spacial score (nSPS) is 14.5. The first kappa shape index (κ1) is 17.0. The van der Waals surface area contributed by atoms with Crippen molar-refractivity contribution in [2.75, 3.05) is 0 Å². The fraction of sp³-hybridized carbons (Fsp3) is 0.462. The number of hydrogen-bond donors (Lipinski definition) is 0. The van der Waals surface area contributed by atoms with Crippen molar-refractivity contribution in [3.8, 4) is 0 Å². The minimum absolute atomic E-state index is 0. The van der Waals surface area contributed by atoms with Gasteiger partial charge >= 0.3 is 0 Å².